The molecule has 0 aromatic carbocycles. The minimum Gasteiger partial charge on any atom is -0.381 e. The average Bonchev–Trinajstić information content (AvgIpc) is 2.39. The third-order valence-electron chi connectivity index (χ3n) is 3.14. The normalized spacial score (nSPS) is 18.8. The molecule has 2 heterocycles. The molecule has 0 amide bonds. The molecule has 0 atom stereocenters. The number of hydrogen-bond donors (Lipinski definition) is 1. The molecule has 0 radical (unpaired) electrons. The first-order chi connectivity index (χ1) is 8.70. The lowest BCUT2D eigenvalue weighted by Gasteiger charge is -2.35. The van der Waals surface area contributed by atoms with Crippen molar-refractivity contribution in [1.29, 1.82) is 0 Å². The molecule has 100 valence electrons. The van der Waals surface area contributed by atoms with Crippen LogP contribution in [0.15, 0.2) is 0 Å². The third kappa shape index (κ3) is 2.59. The largest absolute Gasteiger partial charge is 0.381 e. The zero-order valence-electron chi connectivity index (χ0n) is 11.0. The number of nitrogen functional groups attached to an aromatic ring is 1. The number of anilines is 1. The number of nitrogens with zero attached hydrogens (tertiary/aromatic N) is 3. The second-order valence-electron chi connectivity index (χ2n) is 4.33. The summed E-state index contributed by atoms with van der Waals surface area (Å²) < 4.78 is 11.3. The van der Waals surface area contributed by atoms with Crippen molar-refractivity contribution in [2.24, 2.45) is 0 Å². The van der Waals surface area contributed by atoms with Gasteiger partial charge in [-0.3, -0.25) is 0 Å². The first-order valence-corrected chi connectivity index (χ1v) is 6.43. The van der Waals surface area contributed by atoms with Crippen molar-refractivity contribution < 1.29 is 9.47 Å². The van der Waals surface area contributed by atoms with Gasteiger partial charge < -0.3 is 15.2 Å². The van der Waals surface area contributed by atoms with Crippen LogP contribution in [0.5, 0.6) is 0 Å². The predicted molar refractivity (Wildman–Crippen MR) is 67.0 cm³/mol. The van der Waals surface area contributed by atoms with Gasteiger partial charge in [-0.25, -0.2) is 4.98 Å². The van der Waals surface area contributed by atoms with E-state index in [1.807, 2.05) is 13.8 Å². The fraction of sp³-hybridized carbons (Fsp3) is 0.750. The van der Waals surface area contributed by atoms with Crippen molar-refractivity contribution in [1.82, 2.24) is 15.0 Å². The van der Waals surface area contributed by atoms with Gasteiger partial charge >= 0.3 is 0 Å². The molecular formula is C12H20N4O2. The maximum Gasteiger partial charge on any atom is 0.223 e. The van der Waals surface area contributed by atoms with Crippen LogP contribution in [0.4, 0.5) is 5.95 Å². The van der Waals surface area contributed by atoms with Gasteiger partial charge in [-0.15, -0.1) is 0 Å². The van der Waals surface area contributed by atoms with Gasteiger partial charge in [-0.05, 0) is 6.92 Å². The molecule has 0 aliphatic carbocycles. The highest BCUT2D eigenvalue weighted by atomic mass is 16.5. The van der Waals surface area contributed by atoms with Crippen LogP contribution < -0.4 is 5.73 Å². The fourth-order valence-electron chi connectivity index (χ4n) is 2.21. The van der Waals surface area contributed by atoms with E-state index < -0.39 is 5.60 Å². The molecule has 0 unspecified atom stereocenters. The summed E-state index contributed by atoms with van der Waals surface area (Å²) in [7, 11) is 0. The van der Waals surface area contributed by atoms with Crippen LogP contribution in [-0.2, 0) is 21.5 Å². The van der Waals surface area contributed by atoms with Crippen LogP contribution in [0.25, 0.3) is 0 Å². The van der Waals surface area contributed by atoms with E-state index in [9.17, 15) is 0 Å². The molecule has 1 aromatic heterocycles. The Morgan fingerprint density at radius 1 is 1.22 bits per heavy atom. The summed E-state index contributed by atoms with van der Waals surface area (Å²) in [6.07, 6.45) is 2.25. The quantitative estimate of drug-likeness (QED) is 0.862. The van der Waals surface area contributed by atoms with Gasteiger partial charge in [0.15, 0.2) is 5.82 Å². The van der Waals surface area contributed by atoms with Gasteiger partial charge in [-0.2, -0.15) is 9.97 Å². The maximum absolute atomic E-state index is 5.92. The van der Waals surface area contributed by atoms with Gasteiger partial charge in [0.25, 0.3) is 0 Å². The summed E-state index contributed by atoms with van der Waals surface area (Å²) in [5.41, 5.74) is 5.28. The zero-order valence-corrected chi connectivity index (χ0v) is 11.0. The Balaban J connectivity index is 2.37. The van der Waals surface area contributed by atoms with E-state index in [1.165, 1.54) is 0 Å². The molecule has 2 rings (SSSR count). The Labute approximate surface area is 107 Å². The molecule has 6 nitrogen and oxygen atoms in total. The van der Waals surface area contributed by atoms with E-state index in [1.54, 1.807) is 0 Å². The van der Waals surface area contributed by atoms with Crippen LogP contribution >= 0.6 is 0 Å². The first kappa shape index (κ1) is 13.2. The lowest BCUT2D eigenvalue weighted by Crippen LogP contribution is -2.39. The van der Waals surface area contributed by atoms with Crippen LogP contribution in [0.3, 0.4) is 0 Å². The highest BCUT2D eigenvalue weighted by molar-refractivity contribution is 5.19. The smallest absolute Gasteiger partial charge is 0.223 e. The number of nitrogens with two attached hydrogens (primary N) is 1. The predicted octanol–water partition coefficient (Wildman–Crippen LogP) is 1.06. The van der Waals surface area contributed by atoms with Crippen molar-refractivity contribution in [2.75, 3.05) is 25.6 Å². The minimum atomic E-state index is -0.464. The maximum atomic E-state index is 5.92. The summed E-state index contributed by atoms with van der Waals surface area (Å²) in [6, 6.07) is 0. The highest BCUT2D eigenvalue weighted by Crippen LogP contribution is 2.34. The summed E-state index contributed by atoms with van der Waals surface area (Å²) in [4.78, 5) is 12.9. The molecule has 6 heteroatoms. The average molecular weight is 252 g/mol. The molecule has 1 aliphatic heterocycles. The van der Waals surface area contributed by atoms with Gasteiger partial charge in [0.05, 0.1) is 0 Å². The van der Waals surface area contributed by atoms with E-state index in [4.69, 9.17) is 15.2 Å². The second kappa shape index (κ2) is 5.58. The molecule has 0 saturated carbocycles. The summed E-state index contributed by atoms with van der Waals surface area (Å²) >= 11 is 0. The monoisotopic (exact) mass is 252 g/mol. The Hall–Kier alpha value is -1.27. The van der Waals surface area contributed by atoms with E-state index >= 15 is 0 Å². The first-order valence-electron chi connectivity index (χ1n) is 6.43. The second-order valence-corrected chi connectivity index (χ2v) is 4.33. The summed E-state index contributed by atoms with van der Waals surface area (Å²) in [6.45, 7) is 5.91. The van der Waals surface area contributed by atoms with Crippen molar-refractivity contribution in [3.8, 4) is 0 Å². The van der Waals surface area contributed by atoms with Crippen LogP contribution in [0.1, 0.15) is 38.3 Å². The Bertz CT molecular complexity index is 400. The number of aromatic nitrogens is 3. The van der Waals surface area contributed by atoms with Crippen LogP contribution in [-0.4, -0.2) is 34.8 Å². The molecule has 1 saturated heterocycles. The lowest BCUT2D eigenvalue weighted by atomic mass is 9.93. The number of rotatable bonds is 4. The van der Waals surface area contributed by atoms with E-state index in [-0.39, 0.29) is 5.95 Å². The van der Waals surface area contributed by atoms with Crippen LogP contribution in [0.2, 0.25) is 0 Å². The molecule has 0 bridgehead atoms. The van der Waals surface area contributed by atoms with Gasteiger partial charge in [-0.1, -0.05) is 6.92 Å². The molecule has 0 spiro atoms. The van der Waals surface area contributed by atoms with Crippen LogP contribution in [0, 0.1) is 0 Å². The standard InChI is InChI=1S/C12H20N4O2/c1-3-9-14-10(16-11(13)15-9)12(18-4-2)5-7-17-8-6-12/h3-8H2,1-2H3,(H2,13,14,15,16). The molecular weight excluding hydrogens is 232 g/mol. The van der Waals surface area contributed by atoms with Crippen molar-refractivity contribution in [3.05, 3.63) is 11.6 Å². The Kier molecular flexibility index (Phi) is 4.08. The van der Waals surface area contributed by atoms with Gasteiger partial charge in [0.2, 0.25) is 5.95 Å². The number of hydrogen-bond acceptors (Lipinski definition) is 6. The molecule has 18 heavy (non-hydrogen) atoms. The third-order valence-corrected chi connectivity index (χ3v) is 3.14. The van der Waals surface area contributed by atoms with Gasteiger partial charge in [0, 0.05) is 39.1 Å². The number of ether oxygens (including phenoxy) is 2. The fourth-order valence-corrected chi connectivity index (χ4v) is 2.21. The molecule has 1 aromatic rings. The van der Waals surface area contributed by atoms with E-state index in [2.05, 4.69) is 15.0 Å². The molecule has 1 fully saturated rings. The SMILES string of the molecule is CCOC1(c2nc(N)nc(CC)n2)CCOCC1. The highest BCUT2D eigenvalue weighted by Gasteiger charge is 2.38. The van der Waals surface area contributed by atoms with E-state index in [0.29, 0.717) is 31.5 Å². The minimum absolute atomic E-state index is 0.266. The molecule has 2 N–H and O–H groups in total. The number of aryl methyl sites for hydroxylation is 1. The lowest BCUT2D eigenvalue weighted by molar-refractivity contribution is -0.118. The topological polar surface area (TPSA) is 83.2 Å². The summed E-state index contributed by atoms with van der Waals surface area (Å²) in [5.74, 6) is 1.63. The van der Waals surface area contributed by atoms with Crippen molar-refractivity contribution in [3.63, 3.8) is 0 Å². The Morgan fingerprint density at radius 2 is 1.94 bits per heavy atom. The summed E-state index contributed by atoms with van der Waals surface area (Å²) in [5, 5.41) is 0. The zero-order chi connectivity index (χ0) is 13.0. The Morgan fingerprint density at radius 3 is 2.56 bits per heavy atom. The van der Waals surface area contributed by atoms with Crippen molar-refractivity contribution in [2.45, 2.75) is 38.7 Å². The van der Waals surface area contributed by atoms with Gasteiger partial charge in [0.1, 0.15) is 11.4 Å². The molecule has 1 aliphatic rings. The van der Waals surface area contributed by atoms with Crippen molar-refractivity contribution >= 4 is 5.95 Å². The van der Waals surface area contributed by atoms with E-state index in [0.717, 1.165) is 19.3 Å².